The molecule has 17 heavy (non-hydrogen) atoms. The molecular formula is C11H16N4O2. The molecule has 1 aromatic rings. The summed E-state index contributed by atoms with van der Waals surface area (Å²) in [6.45, 7) is 2.13. The van der Waals surface area contributed by atoms with Crippen LogP contribution < -0.4 is 16.8 Å². The first-order valence-electron chi connectivity index (χ1n) is 5.29. The van der Waals surface area contributed by atoms with Crippen molar-refractivity contribution in [2.75, 3.05) is 12.3 Å². The molecule has 0 spiro atoms. The zero-order valence-electron chi connectivity index (χ0n) is 9.69. The predicted molar refractivity (Wildman–Crippen MR) is 64.1 cm³/mol. The van der Waals surface area contributed by atoms with E-state index in [0.717, 1.165) is 0 Å². The number of aryl methyl sites for hydroxylation is 1. The Labute approximate surface area is 99.4 Å². The molecule has 0 aliphatic heterocycles. The Bertz CT molecular complexity index is 431. The van der Waals surface area contributed by atoms with E-state index in [1.807, 2.05) is 0 Å². The number of primary amides is 1. The van der Waals surface area contributed by atoms with Crippen molar-refractivity contribution in [3.63, 3.8) is 0 Å². The van der Waals surface area contributed by atoms with Crippen molar-refractivity contribution in [3.05, 3.63) is 23.5 Å². The van der Waals surface area contributed by atoms with Crippen LogP contribution in [0.3, 0.4) is 0 Å². The molecule has 0 saturated carbocycles. The second kappa shape index (κ2) is 5.83. The molecule has 0 bridgehead atoms. The van der Waals surface area contributed by atoms with E-state index in [1.54, 1.807) is 13.0 Å². The minimum Gasteiger partial charge on any atom is -0.397 e. The maximum absolute atomic E-state index is 11.7. The second-order valence-corrected chi connectivity index (χ2v) is 3.73. The van der Waals surface area contributed by atoms with E-state index < -0.39 is 0 Å². The van der Waals surface area contributed by atoms with E-state index in [9.17, 15) is 9.59 Å². The van der Waals surface area contributed by atoms with Crippen LogP contribution in [-0.2, 0) is 4.79 Å². The van der Waals surface area contributed by atoms with E-state index in [1.165, 1.54) is 6.20 Å². The summed E-state index contributed by atoms with van der Waals surface area (Å²) in [6.07, 6.45) is 2.28. The highest BCUT2D eigenvalue weighted by atomic mass is 16.2. The molecule has 0 aromatic carbocycles. The molecule has 0 aliphatic rings. The van der Waals surface area contributed by atoms with Gasteiger partial charge in [-0.3, -0.25) is 14.6 Å². The van der Waals surface area contributed by atoms with Crippen LogP contribution in [0.2, 0.25) is 0 Å². The Morgan fingerprint density at radius 2 is 2.18 bits per heavy atom. The zero-order valence-corrected chi connectivity index (χ0v) is 9.69. The average Bonchev–Trinajstić information content (AvgIpc) is 2.27. The normalized spacial score (nSPS) is 9.94. The quantitative estimate of drug-likeness (QED) is 0.623. The van der Waals surface area contributed by atoms with Gasteiger partial charge in [0, 0.05) is 13.0 Å². The molecule has 0 fully saturated rings. The molecule has 1 heterocycles. The highest BCUT2D eigenvalue weighted by Crippen LogP contribution is 2.09. The van der Waals surface area contributed by atoms with E-state index in [0.29, 0.717) is 29.9 Å². The van der Waals surface area contributed by atoms with Crippen LogP contribution in [0.15, 0.2) is 12.3 Å². The molecular weight excluding hydrogens is 220 g/mol. The molecule has 1 rings (SSSR count). The van der Waals surface area contributed by atoms with Crippen LogP contribution in [-0.4, -0.2) is 23.3 Å². The van der Waals surface area contributed by atoms with Crippen molar-refractivity contribution >= 4 is 17.5 Å². The second-order valence-electron chi connectivity index (χ2n) is 3.73. The van der Waals surface area contributed by atoms with Gasteiger partial charge in [0.05, 0.1) is 23.1 Å². The van der Waals surface area contributed by atoms with Gasteiger partial charge < -0.3 is 16.8 Å². The molecule has 6 heteroatoms. The first kappa shape index (κ1) is 13.0. The first-order chi connectivity index (χ1) is 8.00. The summed E-state index contributed by atoms with van der Waals surface area (Å²) >= 11 is 0. The summed E-state index contributed by atoms with van der Waals surface area (Å²) < 4.78 is 0. The number of aromatic nitrogens is 1. The molecule has 5 N–H and O–H groups in total. The van der Waals surface area contributed by atoms with Gasteiger partial charge in [-0.2, -0.15) is 0 Å². The molecule has 6 nitrogen and oxygen atoms in total. The van der Waals surface area contributed by atoms with E-state index in [2.05, 4.69) is 10.3 Å². The van der Waals surface area contributed by atoms with E-state index in [-0.39, 0.29) is 18.2 Å². The summed E-state index contributed by atoms with van der Waals surface area (Å²) in [5.41, 5.74) is 12.1. The summed E-state index contributed by atoms with van der Waals surface area (Å²) in [4.78, 5) is 26.2. The summed E-state index contributed by atoms with van der Waals surface area (Å²) in [6, 6.07) is 1.58. The summed E-state index contributed by atoms with van der Waals surface area (Å²) in [7, 11) is 0. The maximum Gasteiger partial charge on any atom is 0.253 e. The number of amides is 2. The lowest BCUT2D eigenvalue weighted by Gasteiger charge is -2.07. The van der Waals surface area contributed by atoms with Gasteiger partial charge in [-0.05, 0) is 19.4 Å². The number of carbonyl (C=O) groups is 2. The Kier molecular flexibility index (Phi) is 4.45. The number of pyridine rings is 1. The third-order valence-corrected chi connectivity index (χ3v) is 2.24. The lowest BCUT2D eigenvalue weighted by atomic mass is 10.2. The number of nitrogens with zero attached hydrogens (tertiary/aromatic N) is 1. The molecule has 0 radical (unpaired) electrons. The number of nitrogen functional groups attached to an aromatic ring is 1. The molecule has 0 atom stereocenters. The summed E-state index contributed by atoms with van der Waals surface area (Å²) in [5.74, 6) is -0.618. The third kappa shape index (κ3) is 4.10. The first-order valence-corrected chi connectivity index (χ1v) is 5.29. The minimum absolute atomic E-state index is 0.244. The van der Waals surface area contributed by atoms with Gasteiger partial charge >= 0.3 is 0 Å². The van der Waals surface area contributed by atoms with E-state index in [4.69, 9.17) is 11.5 Å². The number of hydrogen-bond donors (Lipinski definition) is 3. The zero-order chi connectivity index (χ0) is 12.8. The van der Waals surface area contributed by atoms with Crippen molar-refractivity contribution < 1.29 is 9.59 Å². The monoisotopic (exact) mass is 236 g/mol. The van der Waals surface area contributed by atoms with Crippen molar-refractivity contribution in [3.8, 4) is 0 Å². The topological polar surface area (TPSA) is 111 Å². The number of carbonyl (C=O) groups excluding carboxylic acids is 2. The van der Waals surface area contributed by atoms with Gasteiger partial charge in [0.2, 0.25) is 5.91 Å². The molecule has 0 aliphatic carbocycles. The fourth-order valence-electron chi connectivity index (χ4n) is 1.34. The number of anilines is 1. The standard InChI is InChI=1S/C11H16N4O2/c1-7-9(5-8(12)6-15-7)11(17)14-4-2-3-10(13)16/h5-6H,2-4,12H2,1H3,(H2,13,16)(H,14,17). The highest BCUT2D eigenvalue weighted by Gasteiger charge is 2.09. The molecule has 1 aromatic heterocycles. The third-order valence-electron chi connectivity index (χ3n) is 2.24. The van der Waals surface area contributed by atoms with Gasteiger partial charge in [-0.1, -0.05) is 0 Å². The van der Waals surface area contributed by atoms with Gasteiger partial charge in [0.15, 0.2) is 0 Å². The van der Waals surface area contributed by atoms with Crippen LogP contribution in [0.4, 0.5) is 5.69 Å². The van der Waals surface area contributed by atoms with Crippen LogP contribution in [0.25, 0.3) is 0 Å². The lowest BCUT2D eigenvalue weighted by molar-refractivity contribution is -0.118. The summed E-state index contributed by atoms with van der Waals surface area (Å²) in [5, 5.41) is 2.68. The Morgan fingerprint density at radius 1 is 1.47 bits per heavy atom. The minimum atomic E-state index is -0.374. The van der Waals surface area contributed by atoms with Crippen molar-refractivity contribution in [2.45, 2.75) is 19.8 Å². The highest BCUT2D eigenvalue weighted by molar-refractivity contribution is 5.95. The molecule has 0 unspecified atom stereocenters. The lowest BCUT2D eigenvalue weighted by Crippen LogP contribution is -2.26. The number of hydrogen-bond acceptors (Lipinski definition) is 4. The maximum atomic E-state index is 11.7. The SMILES string of the molecule is Cc1ncc(N)cc1C(=O)NCCCC(N)=O. The van der Waals surface area contributed by atoms with Gasteiger partial charge in [-0.25, -0.2) is 0 Å². The smallest absolute Gasteiger partial charge is 0.253 e. The fourth-order valence-corrected chi connectivity index (χ4v) is 1.34. The van der Waals surface area contributed by atoms with Gasteiger partial charge in [-0.15, -0.1) is 0 Å². The van der Waals surface area contributed by atoms with Gasteiger partial charge in [0.1, 0.15) is 0 Å². The van der Waals surface area contributed by atoms with E-state index >= 15 is 0 Å². The number of rotatable bonds is 5. The van der Waals surface area contributed by atoms with Crippen molar-refractivity contribution in [1.29, 1.82) is 0 Å². The van der Waals surface area contributed by atoms with Crippen molar-refractivity contribution in [2.24, 2.45) is 5.73 Å². The molecule has 0 saturated heterocycles. The van der Waals surface area contributed by atoms with Gasteiger partial charge in [0.25, 0.3) is 5.91 Å². The predicted octanol–water partition coefficient (Wildman–Crippen LogP) is -0.0325. The Morgan fingerprint density at radius 3 is 2.82 bits per heavy atom. The van der Waals surface area contributed by atoms with Crippen LogP contribution >= 0.6 is 0 Å². The van der Waals surface area contributed by atoms with Crippen molar-refractivity contribution in [1.82, 2.24) is 10.3 Å². The number of nitrogens with one attached hydrogen (secondary N) is 1. The van der Waals surface area contributed by atoms with Crippen LogP contribution in [0, 0.1) is 6.92 Å². The van der Waals surface area contributed by atoms with Crippen LogP contribution in [0.5, 0.6) is 0 Å². The Hall–Kier alpha value is -2.11. The van der Waals surface area contributed by atoms with Crippen LogP contribution in [0.1, 0.15) is 28.9 Å². The number of nitrogens with two attached hydrogens (primary N) is 2. The Balaban J connectivity index is 2.52. The fraction of sp³-hybridized carbons (Fsp3) is 0.364. The average molecular weight is 236 g/mol. The largest absolute Gasteiger partial charge is 0.397 e. The molecule has 2 amide bonds. The molecule has 92 valence electrons.